The lowest BCUT2D eigenvalue weighted by Gasteiger charge is -2.17. The van der Waals surface area contributed by atoms with Gasteiger partial charge in [-0.15, -0.1) is 0 Å². The first kappa shape index (κ1) is 82.2. The van der Waals surface area contributed by atoms with E-state index >= 15 is 0 Å². The number of methoxy groups -OCH3 is 10. The number of rotatable bonds is 34. The number of carbonyl (C=O) groups is 12. The van der Waals surface area contributed by atoms with E-state index in [2.05, 4.69) is 40.6 Å². The van der Waals surface area contributed by atoms with Crippen molar-refractivity contribution in [2.75, 3.05) is 71.1 Å². The van der Waals surface area contributed by atoms with Crippen LogP contribution in [0.25, 0.3) is 12.2 Å². The Morgan fingerprint density at radius 1 is 0.398 bits per heavy atom. The van der Waals surface area contributed by atoms with Crippen LogP contribution in [0.2, 0.25) is 0 Å². The molecular formula is C71H88Br2N8O22. The highest BCUT2D eigenvalue weighted by Gasteiger charge is 2.45. The van der Waals surface area contributed by atoms with Crippen LogP contribution in [-0.2, 0) is 189 Å². The van der Waals surface area contributed by atoms with Gasteiger partial charge in [0, 0.05) is 114 Å². The van der Waals surface area contributed by atoms with Gasteiger partial charge in [-0.2, -0.15) is 0 Å². The number of hydrogen-bond acceptors (Lipinski definition) is 22. The number of nitrogens with one attached hydrogen (secondary N) is 8. The van der Waals surface area contributed by atoms with Crippen molar-refractivity contribution >= 4 is 95.1 Å². The highest BCUT2D eigenvalue weighted by molar-refractivity contribution is 6.04. The van der Waals surface area contributed by atoms with Gasteiger partial charge in [0.05, 0.1) is 147 Å². The molecule has 558 valence electrons. The third kappa shape index (κ3) is 20.8. The molecule has 8 N–H and O–H groups in total. The number of esters is 10. The maximum atomic E-state index is 13.8. The molecule has 0 fully saturated rings. The van der Waals surface area contributed by atoms with Crippen LogP contribution in [0.5, 0.6) is 0 Å². The molecule has 8 heterocycles. The third-order valence-electron chi connectivity index (χ3n) is 18.9. The zero-order chi connectivity index (χ0) is 73.2. The van der Waals surface area contributed by atoms with Crippen molar-refractivity contribution in [2.24, 2.45) is 11.8 Å². The van der Waals surface area contributed by atoms with Gasteiger partial charge in [0.15, 0.2) is 17.1 Å². The Kier molecular flexibility index (Phi) is 30.8. The van der Waals surface area contributed by atoms with E-state index in [4.69, 9.17) is 47.4 Å². The molecule has 103 heavy (non-hydrogen) atoms. The lowest BCUT2D eigenvalue weighted by atomic mass is 9.81. The van der Waals surface area contributed by atoms with Crippen LogP contribution in [0.4, 0.5) is 0 Å². The Hall–Kier alpha value is -9.72. The fourth-order valence-corrected chi connectivity index (χ4v) is 13.7. The number of carbonyl (C=O) groups excluding carboxylic acids is 12. The summed E-state index contributed by atoms with van der Waals surface area (Å²) < 4.78 is 51.6. The summed E-state index contributed by atoms with van der Waals surface area (Å²) >= 11 is 0. The van der Waals surface area contributed by atoms with E-state index in [0.29, 0.717) is 95.9 Å². The molecule has 4 aromatic heterocycles. The second kappa shape index (κ2) is 38.5. The standard InChI is InChI=1S/C71H86N8O22.2BrH/c1-92-62(82)17-11-36-42-23-60(80)72-34-58(42)78-52(36)31-54-44(25-68(88)98-7)38(13-19-64(84)94-3)48(74-54)29-50-40(15-21-66(86)96-5)46(27-70(90)100-9)56(76-50)33-57-47(28-71(91)101-10)41(16-22-67(87)97-6)51(77-57)30-49-39(14-20-65(85)95-4)45(26-69(89)99-8)55(75-49)32-53-37(12-18-63(83)93-2)43-24-61(81)73-35-59(43)79-53;;/h29-30,38,44,75-76,78-79H,11-28,31-35H2,1-10H3,(H,72,80)(H,73,81);2*1H/b48-29+,51-30-;;. The first-order valence-corrected chi connectivity index (χ1v) is 33.0. The predicted molar refractivity (Wildman–Crippen MR) is 355 cm³/mol. The molecule has 4 aliphatic rings. The Morgan fingerprint density at radius 2 is 0.786 bits per heavy atom. The average Bonchev–Trinajstić information content (AvgIpc) is 1.62. The number of aromatic nitrogens is 4. The molecule has 0 saturated heterocycles. The van der Waals surface area contributed by atoms with Gasteiger partial charge in [-0.1, -0.05) is 0 Å². The van der Waals surface area contributed by atoms with Crippen molar-refractivity contribution in [1.82, 2.24) is 30.6 Å². The smallest absolute Gasteiger partial charge is 0.310 e. The third-order valence-corrected chi connectivity index (χ3v) is 18.9. The summed E-state index contributed by atoms with van der Waals surface area (Å²) in [5.41, 5.74) is 11.9. The molecule has 0 saturated carbocycles. The minimum absolute atomic E-state index is 0. The van der Waals surface area contributed by atoms with Gasteiger partial charge in [0.25, 0.3) is 0 Å². The number of fused-ring (bicyclic) bond motifs is 2. The van der Waals surface area contributed by atoms with Gasteiger partial charge in [-0.05, 0) is 83.0 Å². The number of amides is 2. The SMILES string of the molecule is COC(=O)CCC1=C(CC(=O)OC)C(Cc2[nH]c(/C=C3/[NH+]=C(Cc4[nH]c5c(c4CCC(=O)OC)CC(=O)NC5)C(CC(=O)OC)C3CCC(=O)OC)c(CCC(=O)OC)c2CC(=O)OC)=[NH+]/C1=C\c1[nH]c(Cc2[nH]c3c(c2CCC(=O)OC)CC(=O)NC3)c(CC(=O)OC)c1CCC(=O)OC.[Br-].[Br-]. The van der Waals surface area contributed by atoms with Gasteiger partial charge >= 0.3 is 59.7 Å². The molecule has 30 nitrogen and oxygen atoms in total. The first-order chi connectivity index (χ1) is 48.5. The van der Waals surface area contributed by atoms with E-state index < -0.39 is 71.5 Å². The van der Waals surface area contributed by atoms with Crippen molar-refractivity contribution in [2.45, 2.75) is 148 Å². The summed E-state index contributed by atoms with van der Waals surface area (Å²) in [6.45, 7) is 0.398. The van der Waals surface area contributed by atoms with Gasteiger partial charge in [-0.3, -0.25) is 57.5 Å². The van der Waals surface area contributed by atoms with Crippen molar-refractivity contribution < 1.29 is 149 Å². The summed E-state index contributed by atoms with van der Waals surface area (Å²) in [7, 11) is 12.5. The summed E-state index contributed by atoms with van der Waals surface area (Å²) in [6.07, 6.45) is 2.55. The average molecular weight is 1570 g/mol. The largest absolute Gasteiger partial charge is 1.00 e. The summed E-state index contributed by atoms with van der Waals surface area (Å²) in [5, 5.41) is 5.72. The minimum Gasteiger partial charge on any atom is -1.00 e. The molecule has 0 spiro atoms. The predicted octanol–water partition coefficient (Wildman–Crippen LogP) is -5.41. The Bertz CT molecular complexity index is 4080. The van der Waals surface area contributed by atoms with Gasteiger partial charge < -0.3 is 112 Å². The lowest BCUT2D eigenvalue weighted by molar-refractivity contribution is -0.395. The second-order valence-corrected chi connectivity index (χ2v) is 24.6. The maximum Gasteiger partial charge on any atom is 0.310 e. The zero-order valence-corrected chi connectivity index (χ0v) is 62.5. The summed E-state index contributed by atoms with van der Waals surface area (Å²) in [6, 6.07) is 0. The van der Waals surface area contributed by atoms with Crippen molar-refractivity contribution in [3.05, 3.63) is 113 Å². The van der Waals surface area contributed by atoms with Crippen LogP contribution >= 0.6 is 0 Å². The quantitative estimate of drug-likeness (QED) is 0.0160. The number of ether oxygens (including phenoxy) is 10. The molecule has 0 aromatic carbocycles. The van der Waals surface area contributed by atoms with Crippen LogP contribution in [0.3, 0.4) is 0 Å². The first-order valence-electron chi connectivity index (χ1n) is 33.0. The van der Waals surface area contributed by atoms with Crippen molar-refractivity contribution in [3.63, 3.8) is 0 Å². The lowest BCUT2D eigenvalue weighted by Crippen LogP contribution is -3.00. The van der Waals surface area contributed by atoms with Gasteiger partial charge in [0.2, 0.25) is 17.5 Å². The van der Waals surface area contributed by atoms with Crippen molar-refractivity contribution in [3.8, 4) is 0 Å². The molecule has 8 rings (SSSR count). The number of aromatic amines is 4. The van der Waals surface area contributed by atoms with E-state index in [-0.39, 0.29) is 194 Å². The number of hydrogen-bond donors (Lipinski definition) is 8. The topological polar surface area (TPSA) is 412 Å². The van der Waals surface area contributed by atoms with Gasteiger partial charge in [0.1, 0.15) is 0 Å². The van der Waals surface area contributed by atoms with Crippen LogP contribution in [-0.4, -0.2) is 174 Å². The summed E-state index contributed by atoms with van der Waals surface area (Å²) in [5.74, 6) is -7.41. The molecule has 0 aliphatic carbocycles. The fraction of sp³-hybridized carbons (Fsp3) is 0.493. The highest BCUT2D eigenvalue weighted by Crippen LogP contribution is 2.37. The van der Waals surface area contributed by atoms with E-state index in [9.17, 15) is 57.5 Å². The minimum atomic E-state index is -0.671. The molecule has 4 aromatic rings. The maximum absolute atomic E-state index is 13.8. The highest BCUT2D eigenvalue weighted by atomic mass is 79.9. The van der Waals surface area contributed by atoms with E-state index in [1.54, 1.807) is 12.2 Å². The van der Waals surface area contributed by atoms with Crippen LogP contribution in [0, 0.1) is 11.8 Å². The second-order valence-electron chi connectivity index (χ2n) is 24.6. The number of allylic oxidation sites excluding steroid dienone is 2. The molecule has 2 amide bonds. The zero-order valence-electron chi connectivity index (χ0n) is 59.3. The molecule has 4 aliphatic heterocycles. The molecular weight excluding hydrogens is 1480 g/mol. The molecule has 32 heteroatoms. The normalized spacial score (nSPS) is 15.8. The Labute approximate surface area is 614 Å². The number of halogens is 2. The van der Waals surface area contributed by atoms with E-state index in [1.807, 2.05) is 0 Å². The van der Waals surface area contributed by atoms with Gasteiger partial charge in [-0.25, -0.2) is 9.98 Å². The number of H-pyrrole nitrogens is 4. The van der Waals surface area contributed by atoms with Crippen molar-refractivity contribution in [1.29, 1.82) is 0 Å². The van der Waals surface area contributed by atoms with Crippen LogP contribution in [0.15, 0.2) is 22.5 Å². The fourth-order valence-electron chi connectivity index (χ4n) is 13.7. The molecule has 0 radical (unpaired) electrons. The van der Waals surface area contributed by atoms with Crippen LogP contribution in [0.1, 0.15) is 154 Å². The van der Waals surface area contributed by atoms with E-state index in [0.717, 1.165) is 28.1 Å². The molecule has 2 atom stereocenters. The summed E-state index contributed by atoms with van der Waals surface area (Å²) in [4.78, 5) is 180. The molecule has 0 bridgehead atoms. The van der Waals surface area contributed by atoms with Crippen LogP contribution < -0.4 is 54.6 Å². The monoisotopic (exact) mass is 1560 g/mol. The van der Waals surface area contributed by atoms with E-state index in [1.165, 1.54) is 71.1 Å². The molecule has 2 unspecified atom stereocenters. The Balaban J connectivity index is 0.00000833. The Morgan fingerprint density at radius 3 is 1.24 bits per heavy atom.